The van der Waals surface area contributed by atoms with Gasteiger partial charge in [-0.15, -0.1) is 0 Å². The van der Waals surface area contributed by atoms with Gasteiger partial charge >= 0.3 is 0 Å². The number of nitrogens with two attached hydrogens (primary N) is 1. The highest BCUT2D eigenvalue weighted by atomic mass is 32.1. The molecule has 1 heterocycles. The largest absolute Gasteiger partial charge is 0.496 e. The molecule has 1 aromatic rings. The van der Waals surface area contributed by atoms with Crippen LogP contribution in [-0.4, -0.2) is 42.8 Å². The molecular formula is C14H20N2O2S. The molecule has 2 N–H and O–H groups in total. The Kier molecular flexibility index (Phi) is 4.74. The maximum Gasteiger partial charge on any atom is 0.129 e. The Balaban J connectivity index is 2.10. The Morgan fingerprint density at radius 3 is 3.00 bits per heavy atom. The number of ether oxygens (including phenoxy) is 2. The molecule has 104 valence electrons. The lowest BCUT2D eigenvalue weighted by molar-refractivity contribution is -0.0212. The number of hydrogen-bond acceptors (Lipinski definition) is 4. The van der Waals surface area contributed by atoms with E-state index >= 15 is 0 Å². The summed E-state index contributed by atoms with van der Waals surface area (Å²) in [6, 6.07) is 5.99. The fourth-order valence-corrected chi connectivity index (χ4v) is 2.50. The lowest BCUT2D eigenvalue weighted by atomic mass is 10.1. The number of hydrogen-bond donors (Lipinski definition) is 1. The summed E-state index contributed by atoms with van der Waals surface area (Å²) in [6.07, 6.45) is 0.298. The molecule has 5 heteroatoms. The third kappa shape index (κ3) is 3.65. The fourth-order valence-electron chi connectivity index (χ4n) is 2.33. The Hall–Kier alpha value is -1.17. The Bertz CT molecular complexity index is 465. The maximum atomic E-state index is 5.67. The molecule has 0 amide bonds. The minimum Gasteiger partial charge on any atom is -0.496 e. The van der Waals surface area contributed by atoms with Gasteiger partial charge in [-0.05, 0) is 24.6 Å². The van der Waals surface area contributed by atoms with E-state index in [9.17, 15) is 0 Å². The number of thiocarbonyl (C=S) groups is 1. The molecule has 1 fully saturated rings. The third-order valence-corrected chi connectivity index (χ3v) is 3.48. The lowest BCUT2D eigenvalue weighted by Gasteiger charge is -2.31. The molecule has 4 nitrogen and oxygen atoms in total. The van der Waals surface area contributed by atoms with Crippen LogP contribution >= 0.6 is 12.2 Å². The number of rotatable bonds is 4. The second kappa shape index (κ2) is 6.32. The highest BCUT2D eigenvalue weighted by Gasteiger charge is 2.17. The second-order valence-electron chi connectivity index (χ2n) is 4.82. The van der Waals surface area contributed by atoms with Crippen molar-refractivity contribution in [3.63, 3.8) is 0 Å². The van der Waals surface area contributed by atoms with E-state index in [0.717, 1.165) is 37.6 Å². The van der Waals surface area contributed by atoms with Gasteiger partial charge in [-0.2, -0.15) is 0 Å². The molecule has 0 saturated carbocycles. The molecule has 1 aromatic carbocycles. The second-order valence-corrected chi connectivity index (χ2v) is 5.26. The molecule has 1 atom stereocenters. The van der Waals surface area contributed by atoms with E-state index in [1.54, 1.807) is 7.11 Å². The SMILES string of the molecule is COc1cc(CN2CCOC(C)C2)ccc1C(N)=S. The summed E-state index contributed by atoms with van der Waals surface area (Å²) in [4.78, 5) is 2.74. The zero-order valence-electron chi connectivity index (χ0n) is 11.4. The van der Waals surface area contributed by atoms with Crippen molar-refractivity contribution in [1.82, 2.24) is 4.90 Å². The Morgan fingerprint density at radius 2 is 2.37 bits per heavy atom. The summed E-state index contributed by atoms with van der Waals surface area (Å²) < 4.78 is 10.9. The topological polar surface area (TPSA) is 47.7 Å². The highest BCUT2D eigenvalue weighted by Crippen LogP contribution is 2.21. The molecule has 0 spiro atoms. The van der Waals surface area contributed by atoms with Crippen LogP contribution < -0.4 is 10.5 Å². The zero-order valence-corrected chi connectivity index (χ0v) is 12.2. The first-order valence-electron chi connectivity index (χ1n) is 6.41. The van der Waals surface area contributed by atoms with Gasteiger partial charge in [0.05, 0.1) is 25.4 Å². The van der Waals surface area contributed by atoms with Crippen molar-refractivity contribution < 1.29 is 9.47 Å². The smallest absolute Gasteiger partial charge is 0.129 e. The summed E-state index contributed by atoms with van der Waals surface area (Å²) in [7, 11) is 1.64. The van der Waals surface area contributed by atoms with Crippen LogP contribution in [0.15, 0.2) is 18.2 Å². The monoisotopic (exact) mass is 280 g/mol. The summed E-state index contributed by atoms with van der Waals surface area (Å²) in [5.74, 6) is 0.742. The van der Waals surface area contributed by atoms with Gasteiger partial charge in [0.15, 0.2) is 0 Å². The van der Waals surface area contributed by atoms with Crippen molar-refractivity contribution in [2.75, 3.05) is 26.8 Å². The van der Waals surface area contributed by atoms with Crippen molar-refractivity contribution in [3.8, 4) is 5.75 Å². The lowest BCUT2D eigenvalue weighted by Crippen LogP contribution is -2.40. The van der Waals surface area contributed by atoms with Crippen molar-refractivity contribution in [3.05, 3.63) is 29.3 Å². The van der Waals surface area contributed by atoms with Gasteiger partial charge in [-0.3, -0.25) is 4.90 Å². The number of benzene rings is 1. The molecular weight excluding hydrogens is 260 g/mol. The van der Waals surface area contributed by atoms with Gasteiger partial charge in [0.1, 0.15) is 10.7 Å². The van der Waals surface area contributed by atoms with Crippen LogP contribution in [0.1, 0.15) is 18.1 Å². The average molecular weight is 280 g/mol. The number of methoxy groups -OCH3 is 1. The predicted octanol–water partition coefficient (Wildman–Crippen LogP) is 1.55. The minimum absolute atomic E-state index is 0.298. The normalized spacial score (nSPS) is 20.2. The Morgan fingerprint density at radius 1 is 1.58 bits per heavy atom. The number of morpholine rings is 1. The van der Waals surface area contributed by atoms with Crippen LogP contribution in [0.3, 0.4) is 0 Å². The standard InChI is InChI=1S/C14H20N2O2S/c1-10-8-16(5-6-18-10)9-11-3-4-12(14(15)19)13(7-11)17-2/h3-4,7,10H,5-6,8-9H2,1-2H3,(H2,15,19). The fraction of sp³-hybridized carbons (Fsp3) is 0.500. The molecule has 0 bridgehead atoms. The first kappa shape index (κ1) is 14.2. The van der Waals surface area contributed by atoms with Gasteiger partial charge in [-0.1, -0.05) is 18.3 Å². The molecule has 19 heavy (non-hydrogen) atoms. The van der Waals surface area contributed by atoms with Crippen molar-refractivity contribution >= 4 is 17.2 Å². The summed E-state index contributed by atoms with van der Waals surface area (Å²) in [6.45, 7) is 5.71. The van der Waals surface area contributed by atoms with E-state index in [0.29, 0.717) is 11.1 Å². The van der Waals surface area contributed by atoms with E-state index in [4.69, 9.17) is 27.4 Å². The summed E-state index contributed by atoms with van der Waals surface area (Å²) >= 11 is 5.01. The maximum absolute atomic E-state index is 5.67. The van der Waals surface area contributed by atoms with Gasteiger partial charge in [0, 0.05) is 19.6 Å². The summed E-state index contributed by atoms with van der Waals surface area (Å²) in [5, 5.41) is 0. The highest BCUT2D eigenvalue weighted by molar-refractivity contribution is 7.80. The third-order valence-electron chi connectivity index (χ3n) is 3.26. The van der Waals surface area contributed by atoms with E-state index < -0.39 is 0 Å². The van der Waals surface area contributed by atoms with Crippen LogP contribution in [0, 0.1) is 0 Å². The van der Waals surface area contributed by atoms with Gasteiger partial charge < -0.3 is 15.2 Å². The van der Waals surface area contributed by atoms with Crippen LogP contribution in [0.2, 0.25) is 0 Å². The van der Waals surface area contributed by atoms with Gasteiger partial charge in [-0.25, -0.2) is 0 Å². The molecule has 2 rings (SSSR count). The van der Waals surface area contributed by atoms with E-state index in [2.05, 4.69) is 17.9 Å². The molecule has 1 saturated heterocycles. The first-order chi connectivity index (χ1) is 9.10. The van der Waals surface area contributed by atoms with Crippen LogP contribution in [0.5, 0.6) is 5.75 Å². The van der Waals surface area contributed by atoms with E-state index in [1.165, 1.54) is 5.56 Å². The van der Waals surface area contributed by atoms with Crippen LogP contribution in [0.4, 0.5) is 0 Å². The van der Waals surface area contributed by atoms with E-state index in [1.807, 2.05) is 12.1 Å². The number of nitrogens with zero attached hydrogens (tertiary/aromatic N) is 1. The molecule has 1 aliphatic rings. The van der Waals surface area contributed by atoms with Gasteiger partial charge in [0.25, 0.3) is 0 Å². The molecule has 0 radical (unpaired) electrons. The van der Waals surface area contributed by atoms with Crippen molar-refractivity contribution in [1.29, 1.82) is 0 Å². The van der Waals surface area contributed by atoms with Gasteiger partial charge in [0.2, 0.25) is 0 Å². The Labute approximate surface area is 119 Å². The van der Waals surface area contributed by atoms with Crippen LogP contribution in [-0.2, 0) is 11.3 Å². The molecule has 0 aromatic heterocycles. The zero-order chi connectivity index (χ0) is 13.8. The summed E-state index contributed by atoms with van der Waals surface area (Å²) in [5.41, 5.74) is 7.66. The van der Waals surface area contributed by atoms with Crippen molar-refractivity contribution in [2.45, 2.75) is 19.6 Å². The van der Waals surface area contributed by atoms with Crippen molar-refractivity contribution in [2.24, 2.45) is 5.73 Å². The van der Waals surface area contributed by atoms with E-state index in [-0.39, 0.29) is 0 Å². The molecule has 1 unspecified atom stereocenters. The molecule has 1 aliphatic heterocycles. The quantitative estimate of drug-likeness (QED) is 0.848. The molecule has 0 aliphatic carbocycles. The average Bonchev–Trinajstić information content (AvgIpc) is 2.38. The first-order valence-corrected chi connectivity index (χ1v) is 6.81. The van der Waals surface area contributed by atoms with Crippen LogP contribution in [0.25, 0.3) is 0 Å². The predicted molar refractivity (Wildman–Crippen MR) is 79.6 cm³/mol. The minimum atomic E-state index is 0.298.